The quantitative estimate of drug-likeness (QED) is 0.759. The third-order valence-corrected chi connectivity index (χ3v) is 6.31. The Bertz CT molecular complexity index is 1040. The smallest absolute Gasteiger partial charge is 0.314 e. The van der Waals surface area contributed by atoms with Gasteiger partial charge in [-0.25, -0.2) is 18.0 Å². The monoisotopic (exact) mass is 419 g/mol. The lowest BCUT2D eigenvalue weighted by Crippen LogP contribution is -2.47. The van der Waals surface area contributed by atoms with Crippen LogP contribution in [0.5, 0.6) is 0 Å². The number of aromatic nitrogens is 2. The summed E-state index contributed by atoms with van der Waals surface area (Å²) in [6.07, 6.45) is 4.94. The summed E-state index contributed by atoms with van der Waals surface area (Å²) in [5, 5.41) is 6.84. The molecular weight excluding hydrogens is 399 g/mol. The van der Waals surface area contributed by atoms with Gasteiger partial charge in [0.1, 0.15) is 0 Å². The maximum Gasteiger partial charge on any atom is 0.322 e. The molecular formula is C20H20F3N5O2. The molecule has 2 fully saturated rings. The SMILES string of the molecule is C[C@H]1Cn2ncc(N3C(=O)CCC34CC4)c2CN1C(=O)Nc1cc(F)c(F)c(F)c1. The predicted molar refractivity (Wildman–Crippen MR) is 101 cm³/mol. The van der Waals surface area contributed by atoms with Crippen molar-refractivity contribution in [3.8, 4) is 0 Å². The van der Waals surface area contributed by atoms with Gasteiger partial charge in [-0.1, -0.05) is 0 Å². The van der Waals surface area contributed by atoms with Gasteiger partial charge in [0, 0.05) is 29.8 Å². The van der Waals surface area contributed by atoms with Crippen molar-refractivity contribution in [3.63, 3.8) is 0 Å². The highest BCUT2D eigenvalue weighted by atomic mass is 19.2. The van der Waals surface area contributed by atoms with Gasteiger partial charge in [-0.3, -0.25) is 9.48 Å². The van der Waals surface area contributed by atoms with E-state index in [1.165, 1.54) is 4.90 Å². The highest BCUT2D eigenvalue weighted by molar-refractivity contribution is 5.99. The zero-order valence-electron chi connectivity index (χ0n) is 16.3. The molecule has 1 atom stereocenters. The van der Waals surface area contributed by atoms with Crippen molar-refractivity contribution in [2.75, 3.05) is 10.2 Å². The van der Waals surface area contributed by atoms with Crippen LogP contribution in [0.1, 0.15) is 38.3 Å². The van der Waals surface area contributed by atoms with E-state index in [2.05, 4.69) is 10.4 Å². The number of nitrogens with one attached hydrogen (secondary N) is 1. The van der Waals surface area contributed by atoms with Crippen LogP contribution in [-0.2, 0) is 17.9 Å². The van der Waals surface area contributed by atoms with Gasteiger partial charge < -0.3 is 15.1 Å². The standard InChI is InChI=1S/C20H20F3N5O2/c1-11-9-27-16(15(8-24-27)28-17(29)2-3-20(28)4-5-20)10-26(11)19(30)25-12-6-13(21)18(23)14(22)7-12/h6-8,11H,2-5,9-10H2,1H3,(H,25,30)/t11-/m0/s1. The molecule has 0 bridgehead atoms. The minimum Gasteiger partial charge on any atom is -0.314 e. The highest BCUT2D eigenvalue weighted by Gasteiger charge is 2.55. The van der Waals surface area contributed by atoms with E-state index in [-0.39, 0.29) is 29.7 Å². The molecule has 1 spiro atoms. The van der Waals surface area contributed by atoms with Crippen LogP contribution in [0.25, 0.3) is 0 Å². The van der Waals surface area contributed by atoms with Gasteiger partial charge in [0.05, 0.1) is 36.7 Å². The first-order valence-corrected chi connectivity index (χ1v) is 9.89. The largest absolute Gasteiger partial charge is 0.322 e. The molecule has 0 radical (unpaired) electrons. The third-order valence-electron chi connectivity index (χ3n) is 6.31. The first-order chi connectivity index (χ1) is 14.3. The molecule has 1 saturated heterocycles. The van der Waals surface area contributed by atoms with E-state index in [1.807, 2.05) is 11.8 Å². The van der Waals surface area contributed by atoms with E-state index in [0.717, 1.165) is 42.8 Å². The number of urea groups is 1. The van der Waals surface area contributed by atoms with Crippen LogP contribution in [0.3, 0.4) is 0 Å². The zero-order valence-corrected chi connectivity index (χ0v) is 16.3. The molecule has 1 aliphatic carbocycles. The molecule has 3 heterocycles. The highest BCUT2D eigenvalue weighted by Crippen LogP contribution is 2.52. The molecule has 1 N–H and O–H groups in total. The number of hydrogen-bond acceptors (Lipinski definition) is 3. The summed E-state index contributed by atoms with van der Waals surface area (Å²) >= 11 is 0. The van der Waals surface area contributed by atoms with E-state index in [9.17, 15) is 22.8 Å². The van der Waals surface area contributed by atoms with Crippen molar-refractivity contribution in [1.29, 1.82) is 0 Å². The fraction of sp³-hybridized carbons (Fsp3) is 0.450. The van der Waals surface area contributed by atoms with Crippen LogP contribution in [0.2, 0.25) is 0 Å². The van der Waals surface area contributed by atoms with Gasteiger partial charge in [-0.15, -0.1) is 0 Å². The Labute approximate surface area is 170 Å². The molecule has 5 rings (SSSR count). The number of fused-ring (bicyclic) bond motifs is 1. The van der Waals surface area contributed by atoms with Crippen LogP contribution in [0.4, 0.5) is 29.3 Å². The van der Waals surface area contributed by atoms with Crippen LogP contribution in [-0.4, -0.2) is 38.2 Å². The molecule has 1 saturated carbocycles. The van der Waals surface area contributed by atoms with Crippen molar-refractivity contribution in [2.24, 2.45) is 0 Å². The number of rotatable bonds is 2. The molecule has 158 valence electrons. The molecule has 10 heteroatoms. The average Bonchev–Trinajstić information content (AvgIpc) is 3.26. The zero-order chi connectivity index (χ0) is 21.2. The van der Waals surface area contributed by atoms with Crippen LogP contribution < -0.4 is 10.2 Å². The number of amides is 3. The van der Waals surface area contributed by atoms with Crippen molar-refractivity contribution in [2.45, 2.75) is 57.3 Å². The summed E-state index contributed by atoms with van der Waals surface area (Å²) in [5.74, 6) is -4.27. The van der Waals surface area contributed by atoms with E-state index in [4.69, 9.17) is 0 Å². The van der Waals surface area contributed by atoms with Gasteiger partial charge in [0.2, 0.25) is 5.91 Å². The molecule has 0 unspecified atom stereocenters. The minimum absolute atomic E-state index is 0.0650. The van der Waals surface area contributed by atoms with Crippen LogP contribution in [0.15, 0.2) is 18.3 Å². The Morgan fingerprint density at radius 3 is 2.57 bits per heavy atom. The van der Waals surface area contributed by atoms with Gasteiger partial charge in [0.25, 0.3) is 0 Å². The van der Waals surface area contributed by atoms with Crippen molar-refractivity contribution in [3.05, 3.63) is 41.5 Å². The molecule has 1 aromatic heterocycles. The second kappa shape index (κ2) is 6.48. The van der Waals surface area contributed by atoms with E-state index in [1.54, 1.807) is 10.9 Å². The Balaban J connectivity index is 1.40. The third kappa shape index (κ3) is 2.85. The average molecular weight is 419 g/mol. The summed E-state index contributed by atoms with van der Waals surface area (Å²) in [5.41, 5.74) is 1.19. The first-order valence-electron chi connectivity index (χ1n) is 9.89. The lowest BCUT2D eigenvalue weighted by molar-refractivity contribution is -0.117. The first kappa shape index (κ1) is 19.0. The molecule has 3 aliphatic rings. The van der Waals surface area contributed by atoms with Crippen molar-refractivity contribution in [1.82, 2.24) is 14.7 Å². The summed E-state index contributed by atoms with van der Waals surface area (Å²) in [7, 11) is 0. The topological polar surface area (TPSA) is 70.5 Å². The maximum atomic E-state index is 13.5. The summed E-state index contributed by atoms with van der Waals surface area (Å²) in [4.78, 5) is 28.7. The molecule has 2 aliphatic heterocycles. The summed E-state index contributed by atoms with van der Waals surface area (Å²) in [6.45, 7) is 2.44. The van der Waals surface area contributed by atoms with Crippen molar-refractivity contribution >= 4 is 23.3 Å². The normalized spacial score (nSPS) is 21.9. The Morgan fingerprint density at radius 2 is 1.90 bits per heavy atom. The Kier molecular flexibility index (Phi) is 4.09. The predicted octanol–water partition coefficient (Wildman–Crippen LogP) is 3.40. The van der Waals surface area contributed by atoms with Crippen molar-refractivity contribution < 1.29 is 22.8 Å². The minimum atomic E-state index is -1.59. The summed E-state index contributed by atoms with van der Waals surface area (Å²) < 4.78 is 41.9. The number of hydrogen-bond donors (Lipinski definition) is 1. The second-order valence-electron chi connectivity index (χ2n) is 8.27. The molecule has 30 heavy (non-hydrogen) atoms. The molecule has 2 aromatic rings. The fourth-order valence-electron chi connectivity index (χ4n) is 4.50. The number of carbonyl (C=O) groups is 2. The van der Waals surface area contributed by atoms with Crippen LogP contribution >= 0.6 is 0 Å². The Hall–Kier alpha value is -3.04. The number of anilines is 2. The van der Waals surface area contributed by atoms with E-state index >= 15 is 0 Å². The Morgan fingerprint density at radius 1 is 1.20 bits per heavy atom. The maximum absolute atomic E-state index is 13.5. The molecule has 7 nitrogen and oxygen atoms in total. The second-order valence-corrected chi connectivity index (χ2v) is 8.27. The number of nitrogens with zero attached hydrogens (tertiary/aromatic N) is 4. The number of benzene rings is 1. The van der Waals surface area contributed by atoms with Gasteiger partial charge in [-0.05, 0) is 26.2 Å². The molecule has 3 amide bonds. The number of carbonyl (C=O) groups excluding carboxylic acids is 2. The van der Waals surface area contributed by atoms with E-state index < -0.39 is 23.5 Å². The molecule has 1 aromatic carbocycles. The lowest BCUT2D eigenvalue weighted by atomic mass is 10.1. The van der Waals surface area contributed by atoms with Crippen LogP contribution in [0, 0.1) is 17.5 Å². The summed E-state index contributed by atoms with van der Waals surface area (Å²) in [6, 6.07) is 0.658. The van der Waals surface area contributed by atoms with Gasteiger partial charge in [-0.2, -0.15) is 5.10 Å². The van der Waals surface area contributed by atoms with Gasteiger partial charge >= 0.3 is 6.03 Å². The lowest BCUT2D eigenvalue weighted by Gasteiger charge is -2.35. The van der Waals surface area contributed by atoms with E-state index in [0.29, 0.717) is 13.0 Å². The fourth-order valence-corrected chi connectivity index (χ4v) is 4.50. The van der Waals surface area contributed by atoms with Gasteiger partial charge in [0.15, 0.2) is 17.5 Å². The number of halogens is 3.